The van der Waals surface area contributed by atoms with Crippen molar-refractivity contribution in [1.82, 2.24) is 5.43 Å². The van der Waals surface area contributed by atoms with Crippen LogP contribution < -0.4 is 15.9 Å². The molecule has 5 nitrogen and oxygen atoms in total. The van der Waals surface area contributed by atoms with Gasteiger partial charge in [-0.2, -0.15) is 5.10 Å². The first-order valence-corrected chi connectivity index (χ1v) is 5.92. The Kier molecular flexibility index (Phi) is 4.15. The number of methoxy groups -OCH3 is 1. The maximum absolute atomic E-state index is 5.61. The standard InChI is InChI=1S/C13H13N3O2S/c1-17-10-4-2-9(3-5-10)12-7-6-11(18-12)8-15-16-13(14)19/h2-8H,1H3,(H3,14,16,19)/b15-8+. The Morgan fingerprint density at radius 3 is 2.68 bits per heavy atom. The minimum atomic E-state index is 0.109. The predicted molar refractivity (Wildman–Crippen MR) is 78.2 cm³/mol. The molecule has 0 unspecified atom stereocenters. The zero-order chi connectivity index (χ0) is 13.7. The molecule has 6 heteroatoms. The van der Waals surface area contributed by atoms with Crippen molar-refractivity contribution in [3.05, 3.63) is 42.2 Å². The maximum atomic E-state index is 5.61. The SMILES string of the molecule is COc1ccc(-c2ccc(/C=N/NC(N)=S)o2)cc1. The summed E-state index contributed by atoms with van der Waals surface area (Å²) in [6.45, 7) is 0. The molecule has 3 N–H and O–H groups in total. The van der Waals surface area contributed by atoms with Crippen LogP contribution in [-0.4, -0.2) is 18.4 Å². The molecule has 0 saturated heterocycles. The maximum Gasteiger partial charge on any atom is 0.184 e. The second-order valence-electron chi connectivity index (χ2n) is 3.66. The summed E-state index contributed by atoms with van der Waals surface area (Å²) in [7, 11) is 1.63. The third-order valence-electron chi connectivity index (χ3n) is 2.37. The van der Waals surface area contributed by atoms with Crippen molar-refractivity contribution in [1.29, 1.82) is 0 Å². The molecule has 0 aliphatic rings. The summed E-state index contributed by atoms with van der Waals surface area (Å²) in [6, 6.07) is 11.3. The topological polar surface area (TPSA) is 72.8 Å². The summed E-state index contributed by atoms with van der Waals surface area (Å²) in [5.41, 5.74) is 8.67. The fourth-order valence-electron chi connectivity index (χ4n) is 1.49. The van der Waals surface area contributed by atoms with Crippen LogP contribution in [0.15, 0.2) is 45.9 Å². The van der Waals surface area contributed by atoms with E-state index in [0.717, 1.165) is 17.1 Å². The first-order chi connectivity index (χ1) is 9.19. The second kappa shape index (κ2) is 6.01. The fraction of sp³-hybridized carbons (Fsp3) is 0.0769. The molecule has 0 bridgehead atoms. The van der Waals surface area contributed by atoms with E-state index in [-0.39, 0.29) is 5.11 Å². The van der Waals surface area contributed by atoms with Gasteiger partial charge in [0, 0.05) is 5.56 Å². The fourth-order valence-corrected chi connectivity index (χ4v) is 1.54. The van der Waals surface area contributed by atoms with E-state index >= 15 is 0 Å². The first-order valence-electron chi connectivity index (χ1n) is 5.52. The summed E-state index contributed by atoms with van der Waals surface area (Å²) in [6.07, 6.45) is 1.51. The van der Waals surface area contributed by atoms with E-state index in [1.54, 1.807) is 7.11 Å². The molecule has 0 atom stereocenters. The van der Waals surface area contributed by atoms with Gasteiger partial charge in [0.1, 0.15) is 17.3 Å². The van der Waals surface area contributed by atoms with Gasteiger partial charge < -0.3 is 14.9 Å². The highest BCUT2D eigenvalue weighted by atomic mass is 32.1. The van der Waals surface area contributed by atoms with Crippen molar-refractivity contribution >= 4 is 23.5 Å². The number of benzene rings is 1. The molecule has 0 aliphatic heterocycles. The van der Waals surface area contributed by atoms with Crippen LogP contribution in [0, 0.1) is 0 Å². The van der Waals surface area contributed by atoms with Crippen molar-refractivity contribution in [2.75, 3.05) is 7.11 Å². The van der Waals surface area contributed by atoms with Gasteiger partial charge in [-0.3, -0.25) is 5.43 Å². The van der Waals surface area contributed by atoms with E-state index in [1.807, 2.05) is 36.4 Å². The van der Waals surface area contributed by atoms with E-state index in [0.29, 0.717) is 5.76 Å². The Morgan fingerprint density at radius 2 is 2.05 bits per heavy atom. The summed E-state index contributed by atoms with van der Waals surface area (Å²) >= 11 is 4.63. The lowest BCUT2D eigenvalue weighted by Gasteiger charge is -2.00. The number of hydrogen-bond acceptors (Lipinski definition) is 4. The van der Waals surface area contributed by atoms with Gasteiger partial charge in [0.2, 0.25) is 0 Å². The molecule has 0 radical (unpaired) electrons. The van der Waals surface area contributed by atoms with Gasteiger partial charge in [-0.1, -0.05) is 0 Å². The van der Waals surface area contributed by atoms with Crippen LogP contribution in [0.2, 0.25) is 0 Å². The minimum Gasteiger partial charge on any atom is -0.497 e. The number of nitrogens with zero attached hydrogens (tertiary/aromatic N) is 1. The molecule has 1 aromatic heterocycles. The molecule has 0 fully saturated rings. The normalized spacial score (nSPS) is 10.6. The van der Waals surface area contributed by atoms with Gasteiger partial charge in [-0.05, 0) is 48.6 Å². The quantitative estimate of drug-likeness (QED) is 0.508. The van der Waals surface area contributed by atoms with E-state index in [9.17, 15) is 0 Å². The highest BCUT2D eigenvalue weighted by Crippen LogP contribution is 2.23. The molecule has 1 heterocycles. The Balaban J connectivity index is 2.11. The predicted octanol–water partition coefficient (Wildman–Crippen LogP) is 2.12. The third-order valence-corrected chi connectivity index (χ3v) is 2.46. The van der Waals surface area contributed by atoms with Crippen LogP contribution in [-0.2, 0) is 0 Å². The minimum absolute atomic E-state index is 0.109. The molecule has 1 aromatic carbocycles. The molecule has 2 rings (SSSR count). The number of nitrogens with one attached hydrogen (secondary N) is 1. The summed E-state index contributed by atoms with van der Waals surface area (Å²) < 4.78 is 10.7. The molecular weight excluding hydrogens is 262 g/mol. The summed E-state index contributed by atoms with van der Waals surface area (Å²) in [5, 5.41) is 3.93. The van der Waals surface area contributed by atoms with E-state index < -0.39 is 0 Å². The van der Waals surface area contributed by atoms with E-state index in [2.05, 4.69) is 22.7 Å². The third kappa shape index (κ3) is 3.56. The van der Waals surface area contributed by atoms with Crippen LogP contribution >= 0.6 is 12.2 Å². The highest BCUT2D eigenvalue weighted by Gasteiger charge is 2.03. The van der Waals surface area contributed by atoms with Crippen LogP contribution in [0.5, 0.6) is 5.75 Å². The van der Waals surface area contributed by atoms with Gasteiger partial charge in [-0.25, -0.2) is 0 Å². The van der Waals surface area contributed by atoms with Crippen molar-refractivity contribution in [2.24, 2.45) is 10.8 Å². The number of rotatable bonds is 4. The Bertz CT molecular complexity index is 590. The van der Waals surface area contributed by atoms with Gasteiger partial charge in [0.15, 0.2) is 5.11 Å². The molecule has 0 aliphatic carbocycles. The van der Waals surface area contributed by atoms with Crippen LogP contribution in [0.1, 0.15) is 5.76 Å². The lowest BCUT2D eigenvalue weighted by atomic mass is 10.2. The zero-order valence-electron chi connectivity index (χ0n) is 10.3. The van der Waals surface area contributed by atoms with Crippen molar-refractivity contribution in [2.45, 2.75) is 0 Å². The van der Waals surface area contributed by atoms with Gasteiger partial charge >= 0.3 is 0 Å². The molecule has 19 heavy (non-hydrogen) atoms. The molecule has 0 amide bonds. The summed E-state index contributed by atoms with van der Waals surface area (Å²) in [5.74, 6) is 2.16. The number of furan rings is 1. The van der Waals surface area contributed by atoms with Gasteiger partial charge in [-0.15, -0.1) is 0 Å². The average molecular weight is 275 g/mol. The Hall–Kier alpha value is -2.34. The smallest absolute Gasteiger partial charge is 0.184 e. The zero-order valence-corrected chi connectivity index (χ0v) is 11.1. The molecule has 98 valence electrons. The van der Waals surface area contributed by atoms with Crippen molar-refractivity contribution in [3.63, 3.8) is 0 Å². The van der Waals surface area contributed by atoms with E-state index in [4.69, 9.17) is 14.9 Å². The number of hydrazone groups is 1. The molecular formula is C13H13N3O2S. The second-order valence-corrected chi connectivity index (χ2v) is 4.10. The van der Waals surface area contributed by atoms with Gasteiger partial charge in [0.25, 0.3) is 0 Å². The van der Waals surface area contributed by atoms with Crippen LogP contribution in [0.25, 0.3) is 11.3 Å². The van der Waals surface area contributed by atoms with E-state index in [1.165, 1.54) is 6.21 Å². The molecule has 2 aromatic rings. The number of nitrogens with two attached hydrogens (primary N) is 1. The monoisotopic (exact) mass is 275 g/mol. The lowest BCUT2D eigenvalue weighted by molar-refractivity contribution is 0.415. The van der Waals surface area contributed by atoms with Crippen LogP contribution in [0.4, 0.5) is 0 Å². The lowest BCUT2D eigenvalue weighted by Crippen LogP contribution is -2.23. The average Bonchev–Trinajstić information content (AvgIpc) is 2.87. The number of ether oxygens (including phenoxy) is 1. The molecule has 0 saturated carbocycles. The number of thiocarbonyl (C=S) groups is 1. The number of hydrogen-bond donors (Lipinski definition) is 2. The molecule has 0 spiro atoms. The largest absolute Gasteiger partial charge is 0.497 e. The van der Waals surface area contributed by atoms with Gasteiger partial charge in [0.05, 0.1) is 13.3 Å². The van der Waals surface area contributed by atoms with Crippen LogP contribution in [0.3, 0.4) is 0 Å². The van der Waals surface area contributed by atoms with Crippen molar-refractivity contribution < 1.29 is 9.15 Å². The first kappa shape index (κ1) is 13.1. The summed E-state index contributed by atoms with van der Waals surface area (Å²) in [4.78, 5) is 0. The Labute approximate surface area is 116 Å². The van der Waals surface area contributed by atoms with Crippen molar-refractivity contribution in [3.8, 4) is 17.1 Å². The Morgan fingerprint density at radius 1 is 1.32 bits per heavy atom. The highest BCUT2D eigenvalue weighted by molar-refractivity contribution is 7.80.